The van der Waals surface area contributed by atoms with E-state index in [2.05, 4.69) is 0 Å². The predicted molar refractivity (Wildman–Crippen MR) is 106 cm³/mol. The highest BCUT2D eigenvalue weighted by atomic mass is 35.5. The molecule has 3 rings (SSSR count). The van der Waals surface area contributed by atoms with Crippen LogP contribution in [0.5, 0.6) is 11.5 Å². The van der Waals surface area contributed by atoms with E-state index in [1.165, 1.54) is 6.26 Å². The van der Waals surface area contributed by atoms with E-state index in [1.807, 2.05) is 12.1 Å². The van der Waals surface area contributed by atoms with Crippen molar-refractivity contribution >= 4 is 22.4 Å². The summed E-state index contributed by atoms with van der Waals surface area (Å²) in [6, 6.07) is 3.88. The lowest BCUT2D eigenvalue weighted by atomic mass is 9.83. The number of sulfonamides is 1. The van der Waals surface area contributed by atoms with Crippen molar-refractivity contribution in [1.29, 1.82) is 0 Å². The Bertz CT molecular complexity index is 750. The van der Waals surface area contributed by atoms with Gasteiger partial charge in [0.2, 0.25) is 10.0 Å². The molecular formula is C18H29ClN2O5S. The van der Waals surface area contributed by atoms with Crippen molar-refractivity contribution in [1.82, 2.24) is 4.31 Å². The van der Waals surface area contributed by atoms with Crippen molar-refractivity contribution in [2.75, 3.05) is 40.1 Å². The second-order valence-corrected chi connectivity index (χ2v) is 8.95. The Hall–Kier alpha value is -1.06. The zero-order chi connectivity index (χ0) is 18.9. The largest absolute Gasteiger partial charge is 0.493 e. The summed E-state index contributed by atoms with van der Waals surface area (Å²) in [6.45, 7) is 1.47. The Kier molecular flexibility index (Phi) is 7.38. The quantitative estimate of drug-likeness (QED) is 0.780. The van der Waals surface area contributed by atoms with E-state index in [4.69, 9.17) is 19.9 Å². The third-order valence-corrected chi connectivity index (χ3v) is 6.79. The van der Waals surface area contributed by atoms with Gasteiger partial charge in [0.25, 0.3) is 0 Å². The number of nitrogens with zero attached hydrogens (tertiary/aromatic N) is 1. The zero-order valence-electron chi connectivity index (χ0n) is 16.0. The van der Waals surface area contributed by atoms with Crippen molar-refractivity contribution < 1.29 is 22.6 Å². The molecule has 0 amide bonds. The molecule has 2 atom stereocenters. The Balaban J connectivity index is 0.00000261. The molecule has 0 radical (unpaired) electrons. The average molecular weight is 421 g/mol. The SMILES string of the molecule is COc1ccc2c(c1OC)C[C@H](C1CCN(S(C)(=O)=O)CC1)O[C@@H]2CN.Cl. The number of piperidine rings is 1. The van der Waals surface area contributed by atoms with Gasteiger partial charge in [-0.15, -0.1) is 12.4 Å². The van der Waals surface area contributed by atoms with Crippen LogP contribution in [0.4, 0.5) is 0 Å². The third kappa shape index (κ3) is 4.51. The van der Waals surface area contributed by atoms with Crippen molar-refractivity contribution in [3.05, 3.63) is 23.3 Å². The second-order valence-electron chi connectivity index (χ2n) is 6.97. The summed E-state index contributed by atoms with van der Waals surface area (Å²) in [6.07, 6.45) is 3.38. The Morgan fingerprint density at radius 1 is 1.22 bits per heavy atom. The fourth-order valence-corrected chi connectivity index (χ4v) is 4.97. The van der Waals surface area contributed by atoms with Gasteiger partial charge >= 0.3 is 0 Å². The Morgan fingerprint density at radius 3 is 2.41 bits per heavy atom. The standard InChI is InChI=1S/C18H28N2O5S.ClH/c1-23-15-5-4-13-14(18(15)24-2)10-16(25-17(13)11-19)12-6-8-20(9-7-12)26(3,21)22;/h4-5,12,16-17H,6-11,19H2,1-3H3;1H/t16-,17-;/m1./s1. The highest BCUT2D eigenvalue weighted by molar-refractivity contribution is 7.88. The lowest BCUT2D eigenvalue weighted by Crippen LogP contribution is -2.43. The summed E-state index contributed by atoms with van der Waals surface area (Å²) in [7, 11) is 0.143. The minimum atomic E-state index is -3.13. The van der Waals surface area contributed by atoms with Gasteiger partial charge in [0.05, 0.1) is 32.7 Å². The normalized spacial score (nSPS) is 24.0. The van der Waals surface area contributed by atoms with Crippen molar-refractivity contribution in [2.45, 2.75) is 31.5 Å². The number of hydrogen-bond donors (Lipinski definition) is 1. The van der Waals surface area contributed by atoms with Crippen LogP contribution in [0.3, 0.4) is 0 Å². The third-order valence-electron chi connectivity index (χ3n) is 5.48. The molecule has 0 spiro atoms. The Labute approximate surface area is 167 Å². The van der Waals surface area contributed by atoms with Gasteiger partial charge in [-0.25, -0.2) is 12.7 Å². The number of ether oxygens (including phenoxy) is 3. The molecular weight excluding hydrogens is 392 g/mol. The number of fused-ring (bicyclic) bond motifs is 1. The van der Waals surface area contributed by atoms with Crippen LogP contribution in [-0.2, 0) is 21.2 Å². The molecule has 2 N–H and O–H groups in total. The van der Waals surface area contributed by atoms with Crippen molar-refractivity contribution in [3.63, 3.8) is 0 Å². The van der Waals surface area contributed by atoms with Crippen molar-refractivity contribution in [2.24, 2.45) is 11.7 Å². The molecule has 0 unspecified atom stereocenters. The summed E-state index contributed by atoms with van der Waals surface area (Å²) < 4.78 is 42.4. The number of methoxy groups -OCH3 is 2. The fourth-order valence-electron chi connectivity index (χ4n) is 4.09. The van der Waals surface area contributed by atoms with E-state index >= 15 is 0 Å². The molecule has 0 aromatic heterocycles. The summed E-state index contributed by atoms with van der Waals surface area (Å²) in [5.74, 6) is 1.74. The highest BCUT2D eigenvalue weighted by Crippen LogP contribution is 2.43. The lowest BCUT2D eigenvalue weighted by Gasteiger charge is -2.40. The maximum Gasteiger partial charge on any atom is 0.211 e. The first kappa shape index (κ1) is 22.2. The molecule has 7 nitrogen and oxygen atoms in total. The first-order valence-corrected chi connectivity index (χ1v) is 10.8. The van der Waals surface area contributed by atoms with Crippen LogP contribution < -0.4 is 15.2 Å². The van der Waals surface area contributed by atoms with Crippen LogP contribution in [-0.4, -0.2) is 58.9 Å². The topological polar surface area (TPSA) is 91.1 Å². The van der Waals surface area contributed by atoms with Gasteiger partial charge in [-0.3, -0.25) is 0 Å². The number of hydrogen-bond acceptors (Lipinski definition) is 6. The van der Waals surface area contributed by atoms with E-state index in [-0.39, 0.29) is 24.6 Å². The molecule has 2 heterocycles. The summed E-state index contributed by atoms with van der Waals surface area (Å²) in [5, 5.41) is 0. The molecule has 2 aliphatic rings. The van der Waals surface area contributed by atoms with E-state index in [0.29, 0.717) is 31.3 Å². The zero-order valence-corrected chi connectivity index (χ0v) is 17.6. The molecule has 154 valence electrons. The molecule has 1 fully saturated rings. The maximum atomic E-state index is 11.7. The average Bonchev–Trinajstić information content (AvgIpc) is 2.65. The molecule has 9 heteroatoms. The molecule has 1 saturated heterocycles. The molecule has 0 bridgehead atoms. The fraction of sp³-hybridized carbons (Fsp3) is 0.667. The smallest absolute Gasteiger partial charge is 0.211 e. The lowest BCUT2D eigenvalue weighted by molar-refractivity contribution is -0.0612. The number of nitrogens with two attached hydrogens (primary N) is 1. The van der Waals surface area contributed by atoms with Gasteiger partial charge in [0.15, 0.2) is 11.5 Å². The predicted octanol–water partition coefficient (Wildman–Crippen LogP) is 1.74. The van der Waals surface area contributed by atoms with E-state index < -0.39 is 10.0 Å². The maximum absolute atomic E-state index is 11.7. The number of halogens is 1. The highest BCUT2D eigenvalue weighted by Gasteiger charge is 2.37. The molecule has 1 aromatic carbocycles. The summed E-state index contributed by atoms with van der Waals surface area (Å²) >= 11 is 0. The van der Waals surface area contributed by atoms with Crippen LogP contribution in [0, 0.1) is 5.92 Å². The van der Waals surface area contributed by atoms with Crippen LogP contribution in [0.25, 0.3) is 0 Å². The molecule has 0 saturated carbocycles. The molecule has 0 aliphatic carbocycles. The first-order valence-electron chi connectivity index (χ1n) is 8.93. The molecule has 27 heavy (non-hydrogen) atoms. The van der Waals surface area contributed by atoms with Gasteiger partial charge < -0.3 is 19.9 Å². The van der Waals surface area contributed by atoms with Crippen LogP contribution in [0.15, 0.2) is 12.1 Å². The van der Waals surface area contributed by atoms with Gasteiger partial charge in [-0.1, -0.05) is 6.07 Å². The number of rotatable bonds is 5. The summed E-state index contributed by atoms with van der Waals surface area (Å²) in [4.78, 5) is 0. The van der Waals surface area contributed by atoms with E-state index in [1.54, 1.807) is 18.5 Å². The van der Waals surface area contributed by atoms with E-state index in [9.17, 15) is 8.42 Å². The molecule has 1 aromatic rings. The van der Waals surface area contributed by atoms with Crippen LogP contribution >= 0.6 is 12.4 Å². The summed E-state index contributed by atoms with van der Waals surface area (Å²) in [5.41, 5.74) is 8.10. The first-order chi connectivity index (χ1) is 12.4. The second kappa shape index (κ2) is 8.96. The van der Waals surface area contributed by atoms with E-state index in [0.717, 1.165) is 36.1 Å². The monoisotopic (exact) mass is 420 g/mol. The van der Waals surface area contributed by atoms with Gasteiger partial charge in [0.1, 0.15) is 0 Å². The minimum Gasteiger partial charge on any atom is -0.493 e. The van der Waals surface area contributed by atoms with Gasteiger partial charge in [0, 0.05) is 31.6 Å². The van der Waals surface area contributed by atoms with Crippen LogP contribution in [0.2, 0.25) is 0 Å². The number of benzene rings is 1. The van der Waals surface area contributed by atoms with Crippen molar-refractivity contribution in [3.8, 4) is 11.5 Å². The van der Waals surface area contributed by atoms with Gasteiger partial charge in [-0.2, -0.15) is 0 Å². The molecule has 2 aliphatic heterocycles. The minimum absolute atomic E-state index is 0. The van der Waals surface area contributed by atoms with Gasteiger partial charge in [-0.05, 0) is 30.4 Å². The Morgan fingerprint density at radius 2 is 1.89 bits per heavy atom. The van der Waals surface area contributed by atoms with Crippen LogP contribution in [0.1, 0.15) is 30.1 Å².